The van der Waals surface area contributed by atoms with Crippen LogP contribution in [0.4, 0.5) is 5.69 Å². The Balaban J connectivity index is 1.75. The van der Waals surface area contributed by atoms with E-state index in [1.165, 1.54) is 29.8 Å². The number of rotatable bonds is 4. The monoisotopic (exact) mass is 336 g/mol. The van der Waals surface area contributed by atoms with Gasteiger partial charge in [0.15, 0.2) is 5.82 Å². The number of nitrogens with one attached hydrogen (secondary N) is 1. The molecule has 1 unspecified atom stereocenters. The maximum Gasteiger partial charge on any atom is 0.243 e. The molecule has 1 aromatic carbocycles. The van der Waals surface area contributed by atoms with Crippen molar-refractivity contribution in [2.24, 2.45) is 0 Å². The van der Waals surface area contributed by atoms with Gasteiger partial charge in [-0.3, -0.25) is 4.79 Å². The molecule has 9 heteroatoms. The van der Waals surface area contributed by atoms with E-state index in [9.17, 15) is 13.2 Å². The molecule has 0 spiro atoms. The third-order valence-electron chi connectivity index (χ3n) is 3.71. The second-order valence-electron chi connectivity index (χ2n) is 5.34. The molecule has 1 aliphatic rings. The van der Waals surface area contributed by atoms with Crippen molar-refractivity contribution in [2.75, 3.05) is 18.4 Å². The van der Waals surface area contributed by atoms with E-state index in [1.54, 1.807) is 12.1 Å². The lowest BCUT2D eigenvalue weighted by molar-refractivity contribution is -0.114. The first-order valence-electron chi connectivity index (χ1n) is 7.11. The molecule has 8 nitrogen and oxygen atoms in total. The van der Waals surface area contributed by atoms with Gasteiger partial charge in [-0.2, -0.15) is 9.29 Å². The summed E-state index contributed by atoms with van der Waals surface area (Å²) in [5.74, 6) is 0.272. The van der Waals surface area contributed by atoms with Gasteiger partial charge in [-0.1, -0.05) is 5.16 Å². The lowest BCUT2D eigenvalue weighted by Crippen LogP contribution is -2.28. The molecular formula is C14H16N4O4S. The molecule has 0 saturated carbocycles. The van der Waals surface area contributed by atoms with Crippen LogP contribution in [-0.2, 0) is 14.8 Å². The zero-order valence-electron chi connectivity index (χ0n) is 12.5. The molecule has 2 aromatic rings. The van der Waals surface area contributed by atoms with Gasteiger partial charge in [0.05, 0.1) is 4.90 Å². The van der Waals surface area contributed by atoms with Crippen LogP contribution in [0.2, 0.25) is 0 Å². The van der Waals surface area contributed by atoms with Crippen molar-refractivity contribution in [1.82, 2.24) is 14.4 Å². The molecule has 122 valence electrons. The van der Waals surface area contributed by atoms with E-state index < -0.39 is 10.0 Å². The van der Waals surface area contributed by atoms with Crippen molar-refractivity contribution in [3.63, 3.8) is 0 Å². The van der Waals surface area contributed by atoms with Crippen molar-refractivity contribution in [1.29, 1.82) is 0 Å². The third-order valence-corrected chi connectivity index (χ3v) is 5.59. The molecule has 1 atom stereocenters. The molecule has 2 heterocycles. The highest BCUT2D eigenvalue weighted by atomic mass is 32.2. The fourth-order valence-corrected chi connectivity index (χ4v) is 4.08. The minimum atomic E-state index is -3.57. The molecule has 1 N–H and O–H groups in total. The SMILES string of the molecule is CC(=O)Nc1ccc(S(=O)(=O)N2CCC(c3ncon3)C2)cc1. The first-order chi connectivity index (χ1) is 11.0. The lowest BCUT2D eigenvalue weighted by Gasteiger charge is -2.16. The predicted molar refractivity (Wildman–Crippen MR) is 81.2 cm³/mol. The smallest absolute Gasteiger partial charge is 0.243 e. The molecule has 1 amide bonds. The van der Waals surface area contributed by atoms with E-state index in [0.29, 0.717) is 31.0 Å². The van der Waals surface area contributed by atoms with Gasteiger partial charge in [0, 0.05) is 31.6 Å². The van der Waals surface area contributed by atoms with Gasteiger partial charge in [-0.25, -0.2) is 8.42 Å². The second kappa shape index (κ2) is 6.09. The summed E-state index contributed by atoms with van der Waals surface area (Å²) in [6.45, 7) is 2.14. The van der Waals surface area contributed by atoms with Crippen LogP contribution in [0.15, 0.2) is 40.1 Å². The normalized spacial score (nSPS) is 18.9. The molecule has 0 aliphatic carbocycles. The first kappa shape index (κ1) is 15.6. The molecule has 3 rings (SSSR count). The molecule has 0 radical (unpaired) electrons. The number of carbonyl (C=O) groups excluding carboxylic acids is 1. The summed E-state index contributed by atoms with van der Waals surface area (Å²) in [6.07, 6.45) is 1.90. The summed E-state index contributed by atoms with van der Waals surface area (Å²) in [4.78, 5) is 15.2. The van der Waals surface area contributed by atoms with E-state index >= 15 is 0 Å². The lowest BCUT2D eigenvalue weighted by atomic mass is 10.1. The van der Waals surface area contributed by atoms with Crippen LogP contribution >= 0.6 is 0 Å². The van der Waals surface area contributed by atoms with Crippen LogP contribution in [0.25, 0.3) is 0 Å². The number of aromatic nitrogens is 2. The minimum absolute atomic E-state index is 0.0535. The predicted octanol–water partition coefficient (Wildman–Crippen LogP) is 1.21. The fraction of sp³-hybridized carbons (Fsp3) is 0.357. The van der Waals surface area contributed by atoms with Crippen LogP contribution in [0, 0.1) is 0 Å². The Morgan fingerprint density at radius 3 is 2.70 bits per heavy atom. The number of sulfonamides is 1. The number of carbonyl (C=O) groups is 1. The molecular weight excluding hydrogens is 320 g/mol. The van der Waals surface area contributed by atoms with Crippen molar-refractivity contribution >= 4 is 21.6 Å². The standard InChI is InChI=1S/C14H16N4O4S/c1-10(19)16-12-2-4-13(5-3-12)23(20,21)18-7-6-11(8-18)14-15-9-22-17-14/h2-5,9,11H,6-8H2,1H3,(H,16,19). The third kappa shape index (κ3) is 3.25. The maximum absolute atomic E-state index is 12.7. The molecule has 1 aliphatic heterocycles. The van der Waals surface area contributed by atoms with Gasteiger partial charge < -0.3 is 9.84 Å². The second-order valence-corrected chi connectivity index (χ2v) is 7.28. The van der Waals surface area contributed by atoms with E-state index in [-0.39, 0.29) is 16.7 Å². The van der Waals surface area contributed by atoms with Crippen molar-refractivity contribution in [3.8, 4) is 0 Å². The Bertz CT molecular complexity index is 787. The highest BCUT2D eigenvalue weighted by Gasteiger charge is 2.34. The van der Waals surface area contributed by atoms with E-state index in [2.05, 4.69) is 15.5 Å². The quantitative estimate of drug-likeness (QED) is 0.899. The Labute approximate surface area is 133 Å². The van der Waals surface area contributed by atoms with Gasteiger partial charge in [-0.05, 0) is 30.7 Å². The number of hydrogen-bond donors (Lipinski definition) is 1. The molecule has 1 saturated heterocycles. The molecule has 1 aromatic heterocycles. The van der Waals surface area contributed by atoms with Gasteiger partial charge in [-0.15, -0.1) is 0 Å². The van der Waals surface area contributed by atoms with Crippen LogP contribution in [0.3, 0.4) is 0 Å². The minimum Gasteiger partial charge on any atom is -0.343 e. The Hall–Kier alpha value is -2.26. The fourth-order valence-electron chi connectivity index (χ4n) is 2.58. The van der Waals surface area contributed by atoms with Crippen LogP contribution in [0.5, 0.6) is 0 Å². The van der Waals surface area contributed by atoms with Gasteiger partial charge in [0.25, 0.3) is 0 Å². The summed E-state index contributed by atoms with van der Waals surface area (Å²) in [5.41, 5.74) is 0.558. The van der Waals surface area contributed by atoms with Crippen LogP contribution < -0.4 is 5.32 Å². The van der Waals surface area contributed by atoms with Crippen molar-refractivity contribution < 1.29 is 17.7 Å². The van der Waals surface area contributed by atoms with Gasteiger partial charge >= 0.3 is 0 Å². The summed E-state index contributed by atoms with van der Waals surface area (Å²) >= 11 is 0. The van der Waals surface area contributed by atoms with Gasteiger partial charge in [0.2, 0.25) is 22.3 Å². The summed E-state index contributed by atoms with van der Waals surface area (Å²) in [7, 11) is -3.57. The highest BCUT2D eigenvalue weighted by Crippen LogP contribution is 2.29. The molecule has 1 fully saturated rings. The first-order valence-corrected chi connectivity index (χ1v) is 8.55. The van der Waals surface area contributed by atoms with Crippen molar-refractivity contribution in [2.45, 2.75) is 24.2 Å². The topological polar surface area (TPSA) is 105 Å². The summed E-state index contributed by atoms with van der Waals surface area (Å²) in [6, 6.07) is 6.12. The van der Waals surface area contributed by atoms with Crippen LogP contribution in [0.1, 0.15) is 25.1 Å². The average molecular weight is 336 g/mol. The highest BCUT2D eigenvalue weighted by molar-refractivity contribution is 7.89. The van der Waals surface area contributed by atoms with Crippen LogP contribution in [-0.4, -0.2) is 41.9 Å². The molecule has 23 heavy (non-hydrogen) atoms. The zero-order valence-corrected chi connectivity index (χ0v) is 13.3. The van der Waals surface area contributed by atoms with Crippen molar-refractivity contribution in [3.05, 3.63) is 36.5 Å². The largest absolute Gasteiger partial charge is 0.343 e. The summed E-state index contributed by atoms with van der Waals surface area (Å²) in [5, 5.41) is 6.38. The zero-order chi connectivity index (χ0) is 16.4. The summed E-state index contributed by atoms with van der Waals surface area (Å²) < 4.78 is 31.4. The van der Waals surface area contributed by atoms with E-state index in [4.69, 9.17) is 4.52 Å². The van der Waals surface area contributed by atoms with E-state index in [0.717, 1.165) is 0 Å². The Morgan fingerprint density at radius 1 is 1.35 bits per heavy atom. The molecule has 0 bridgehead atoms. The maximum atomic E-state index is 12.7. The number of benzene rings is 1. The Kier molecular flexibility index (Phi) is 4.14. The number of nitrogens with zero attached hydrogens (tertiary/aromatic N) is 3. The number of anilines is 1. The number of amides is 1. The Morgan fingerprint density at radius 2 is 2.09 bits per heavy atom. The number of hydrogen-bond acceptors (Lipinski definition) is 6. The van der Waals surface area contributed by atoms with Gasteiger partial charge in [0.1, 0.15) is 0 Å². The van der Waals surface area contributed by atoms with E-state index in [1.807, 2.05) is 0 Å². The average Bonchev–Trinajstić information content (AvgIpc) is 3.18.